The molecule has 2 aliphatic rings. The summed E-state index contributed by atoms with van der Waals surface area (Å²) in [6.07, 6.45) is 2.72. The number of rotatable bonds is 3. The van der Waals surface area contributed by atoms with Gasteiger partial charge in [0.2, 0.25) is 0 Å². The van der Waals surface area contributed by atoms with Crippen molar-refractivity contribution < 1.29 is 9.53 Å². The Bertz CT molecular complexity index is 481. The second kappa shape index (κ2) is 6.06. The number of nitrogens with one attached hydrogen (secondary N) is 1. The van der Waals surface area contributed by atoms with Crippen LogP contribution >= 0.6 is 0 Å². The SMILES string of the molecule is CCC1CNC(=O)OC12CCN(Cc1ccccc1)CC2. The van der Waals surface area contributed by atoms with Crippen molar-refractivity contribution in [2.75, 3.05) is 19.6 Å². The Balaban J connectivity index is 1.62. The Labute approximate surface area is 126 Å². The van der Waals surface area contributed by atoms with Crippen LogP contribution in [0.1, 0.15) is 31.7 Å². The van der Waals surface area contributed by atoms with Crippen LogP contribution in [0.3, 0.4) is 0 Å². The molecule has 4 heteroatoms. The maximum Gasteiger partial charge on any atom is 0.407 e. The highest BCUT2D eigenvalue weighted by molar-refractivity contribution is 5.68. The van der Waals surface area contributed by atoms with Crippen LogP contribution in [0.25, 0.3) is 0 Å². The lowest BCUT2D eigenvalue weighted by molar-refractivity contribution is -0.0933. The number of piperidine rings is 1. The van der Waals surface area contributed by atoms with Crippen LogP contribution in [0.15, 0.2) is 30.3 Å². The molecule has 114 valence electrons. The summed E-state index contributed by atoms with van der Waals surface area (Å²) < 4.78 is 5.74. The number of carbonyl (C=O) groups is 1. The molecule has 1 atom stereocenters. The first-order valence-corrected chi connectivity index (χ1v) is 7.95. The lowest BCUT2D eigenvalue weighted by Gasteiger charge is -2.48. The molecule has 4 nitrogen and oxygen atoms in total. The highest BCUT2D eigenvalue weighted by atomic mass is 16.6. The number of nitrogens with zero attached hydrogens (tertiary/aromatic N) is 1. The molecular formula is C17H24N2O2. The van der Waals surface area contributed by atoms with E-state index >= 15 is 0 Å². The molecule has 0 aromatic heterocycles. The fourth-order valence-corrected chi connectivity index (χ4v) is 3.65. The minimum atomic E-state index is -0.240. The Hall–Kier alpha value is -1.55. The van der Waals surface area contributed by atoms with Gasteiger partial charge in [0.05, 0.1) is 0 Å². The van der Waals surface area contributed by atoms with Crippen LogP contribution in [0.2, 0.25) is 0 Å². The summed E-state index contributed by atoms with van der Waals surface area (Å²) in [6, 6.07) is 10.6. The lowest BCUT2D eigenvalue weighted by atomic mass is 9.77. The van der Waals surface area contributed by atoms with Crippen molar-refractivity contribution in [3.8, 4) is 0 Å². The second-order valence-electron chi connectivity index (χ2n) is 6.20. The monoisotopic (exact) mass is 288 g/mol. The molecule has 1 aromatic rings. The highest BCUT2D eigenvalue weighted by Crippen LogP contribution is 2.37. The van der Waals surface area contributed by atoms with Crippen LogP contribution < -0.4 is 5.32 Å². The topological polar surface area (TPSA) is 41.6 Å². The third-order valence-corrected chi connectivity index (χ3v) is 4.98. The van der Waals surface area contributed by atoms with Crippen molar-refractivity contribution in [1.29, 1.82) is 0 Å². The van der Waals surface area contributed by atoms with Gasteiger partial charge in [0.25, 0.3) is 0 Å². The minimum Gasteiger partial charge on any atom is -0.442 e. The second-order valence-corrected chi connectivity index (χ2v) is 6.20. The van der Waals surface area contributed by atoms with Gasteiger partial charge in [-0.25, -0.2) is 4.79 Å². The molecule has 0 radical (unpaired) electrons. The fraction of sp³-hybridized carbons (Fsp3) is 0.588. The number of ether oxygens (including phenoxy) is 1. The first-order chi connectivity index (χ1) is 10.2. The van der Waals surface area contributed by atoms with Crippen molar-refractivity contribution in [3.05, 3.63) is 35.9 Å². The van der Waals surface area contributed by atoms with Crippen molar-refractivity contribution in [2.45, 2.75) is 38.3 Å². The predicted octanol–water partition coefficient (Wildman–Crippen LogP) is 2.79. The van der Waals surface area contributed by atoms with Crippen molar-refractivity contribution in [1.82, 2.24) is 10.2 Å². The third kappa shape index (κ3) is 3.05. The van der Waals surface area contributed by atoms with E-state index in [0.29, 0.717) is 5.92 Å². The predicted molar refractivity (Wildman–Crippen MR) is 81.9 cm³/mol. The maximum absolute atomic E-state index is 11.6. The highest BCUT2D eigenvalue weighted by Gasteiger charge is 2.46. The van der Waals surface area contributed by atoms with E-state index in [2.05, 4.69) is 47.5 Å². The number of likely N-dealkylation sites (tertiary alicyclic amines) is 1. The number of benzene rings is 1. The summed E-state index contributed by atoms with van der Waals surface area (Å²) in [5, 5.41) is 2.83. The van der Waals surface area contributed by atoms with Crippen LogP contribution in [0, 0.1) is 5.92 Å². The molecule has 1 aromatic carbocycles. The first-order valence-electron chi connectivity index (χ1n) is 7.95. The zero-order valence-corrected chi connectivity index (χ0v) is 12.7. The van der Waals surface area contributed by atoms with Gasteiger partial charge >= 0.3 is 6.09 Å². The third-order valence-electron chi connectivity index (χ3n) is 4.98. The van der Waals surface area contributed by atoms with Crippen molar-refractivity contribution in [3.63, 3.8) is 0 Å². The maximum atomic E-state index is 11.6. The van der Waals surface area contributed by atoms with Crippen LogP contribution in [-0.2, 0) is 11.3 Å². The molecule has 2 fully saturated rings. The van der Waals surface area contributed by atoms with Crippen LogP contribution in [-0.4, -0.2) is 36.2 Å². The average molecular weight is 288 g/mol. The largest absolute Gasteiger partial charge is 0.442 e. The quantitative estimate of drug-likeness (QED) is 0.930. The lowest BCUT2D eigenvalue weighted by Crippen LogP contribution is -2.58. The minimum absolute atomic E-state index is 0.232. The zero-order valence-electron chi connectivity index (χ0n) is 12.7. The standard InChI is InChI=1S/C17H24N2O2/c1-2-15-12-18-16(20)21-17(15)8-10-19(11-9-17)13-14-6-4-3-5-7-14/h3-7,15H,2,8-13H2,1H3,(H,18,20). The van der Waals surface area contributed by atoms with E-state index in [1.165, 1.54) is 5.56 Å². The van der Waals surface area contributed by atoms with Gasteiger partial charge in [-0.05, 0) is 12.0 Å². The number of carbonyl (C=O) groups excluding carboxylic acids is 1. The molecule has 1 unspecified atom stereocenters. The van der Waals surface area contributed by atoms with E-state index in [9.17, 15) is 4.79 Å². The summed E-state index contributed by atoms with van der Waals surface area (Å²) in [4.78, 5) is 14.1. The van der Waals surface area contributed by atoms with E-state index in [0.717, 1.165) is 45.4 Å². The van der Waals surface area contributed by atoms with Gasteiger partial charge in [-0.3, -0.25) is 4.90 Å². The number of hydrogen-bond acceptors (Lipinski definition) is 3. The molecule has 2 saturated heterocycles. The van der Waals surface area contributed by atoms with Gasteiger partial charge in [-0.1, -0.05) is 37.3 Å². The molecule has 2 heterocycles. The van der Waals surface area contributed by atoms with Crippen molar-refractivity contribution >= 4 is 6.09 Å². The summed E-state index contributed by atoms with van der Waals surface area (Å²) in [6.45, 7) is 5.93. The number of amides is 1. The Morgan fingerprint density at radius 2 is 2.00 bits per heavy atom. The fourth-order valence-electron chi connectivity index (χ4n) is 3.65. The molecule has 0 aliphatic carbocycles. The average Bonchev–Trinajstić information content (AvgIpc) is 2.51. The zero-order chi connectivity index (χ0) is 14.7. The summed E-state index contributed by atoms with van der Waals surface area (Å²) in [5.74, 6) is 0.439. The van der Waals surface area contributed by atoms with Gasteiger partial charge in [0.1, 0.15) is 5.60 Å². The van der Waals surface area contributed by atoms with Crippen molar-refractivity contribution in [2.24, 2.45) is 5.92 Å². The number of hydrogen-bond donors (Lipinski definition) is 1. The van der Waals surface area contributed by atoms with Gasteiger partial charge in [-0.2, -0.15) is 0 Å². The Morgan fingerprint density at radius 3 is 2.67 bits per heavy atom. The molecule has 1 spiro atoms. The first kappa shape index (κ1) is 14.4. The molecule has 0 bridgehead atoms. The van der Waals surface area contributed by atoms with E-state index in [1.54, 1.807) is 0 Å². The van der Waals surface area contributed by atoms with Gasteiger partial charge in [0.15, 0.2) is 0 Å². The van der Waals surface area contributed by atoms with Crippen LogP contribution in [0.4, 0.5) is 4.79 Å². The smallest absolute Gasteiger partial charge is 0.407 e. The Morgan fingerprint density at radius 1 is 1.29 bits per heavy atom. The number of alkyl carbamates (subject to hydrolysis) is 1. The molecular weight excluding hydrogens is 264 g/mol. The van der Waals surface area contributed by atoms with E-state index in [-0.39, 0.29) is 11.7 Å². The normalized spacial score (nSPS) is 25.4. The van der Waals surface area contributed by atoms with E-state index in [4.69, 9.17) is 4.74 Å². The molecule has 1 N–H and O–H groups in total. The molecule has 0 saturated carbocycles. The van der Waals surface area contributed by atoms with E-state index in [1.807, 2.05) is 0 Å². The van der Waals surface area contributed by atoms with Gasteiger partial charge in [0, 0.05) is 44.9 Å². The molecule has 2 aliphatic heterocycles. The van der Waals surface area contributed by atoms with E-state index < -0.39 is 0 Å². The summed E-state index contributed by atoms with van der Waals surface area (Å²) in [7, 11) is 0. The summed E-state index contributed by atoms with van der Waals surface area (Å²) in [5.41, 5.74) is 1.12. The van der Waals surface area contributed by atoms with Gasteiger partial charge in [-0.15, -0.1) is 0 Å². The Kier molecular flexibility index (Phi) is 4.15. The molecule has 21 heavy (non-hydrogen) atoms. The van der Waals surface area contributed by atoms with Crippen LogP contribution in [0.5, 0.6) is 0 Å². The summed E-state index contributed by atoms with van der Waals surface area (Å²) >= 11 is 0. The van der Waals surface area contributed by atoms with Gasteiger partial charge < -0.3 is 10.1 Å². The molecule has 1 amide bonds. The molecule has 3 rings (SSSR count).